The Balaban J connectivity index is 3.54. The highest BCUT2D eigenvalue weighted by Crippen LogP contribution is 1.98. The molecule has 0 bridgehead atoms. The van der Waals surface area contributed by atoms with Gasteiger partial charge in [0.1, 0.15) is 11.6 Å². The van der Waals surface area contributed by atoms with Crippen molar-refractivity contribution in [3.05, 3.63) is 0 Å². The molecule has 0 aliphatic carbocycles. The second-order valence-corrected chi connectivity index (χ2v) is 4.17. The Morgan fingerprint density at radius 3 is 1.94 bits per heavy atom. The van der Waals surface area contributed by atoms with Crippen LogP contribution < -0.4 is 5.73 Å². The number of nitrogens with zero attached hydrogens (tertiary/aromatic N) is 1. The van der Waals surface area contributed by atoms with Crippen LogP contribution in [-0.2, 0) is 9.59 Å². The monoisotopic (exact) mass is 228 g/mol. The molecule has 0 spiro atoms. The van der Waals surface area contributed by atoms with Gasteiger partial charge in [-0.1, -0.05) is 6.92 Å². The molecular weight excluding hydrogens is 204 g/mol. The molecule has 0 fully saturated rings. The first-order chi connectivity index (χ1) is 7.60. The predicted molar refractivity (Wildman–Crippen MR) is 65.3 cm³/mol. The summed E-state index contributed by atoms with van der Waals surface area (Å²) < 4.78 is 0. The van der Waals surface area contributed by atoms with E-state index in [0.717, 1.165) is 19.5 Å². The highest BCUT2D eigenvalue weighted by molar-refractivity contribution is 5.79. The van der Waals surface area contributed by atoms with Crippen molar-refractivity contribution >= 4 is 11.6 Å². The Hall–Kier alpha value is -0.740. The van der Waals surface area contributed by atoms with Gasteiger partial charge in [-0.15, -0.1) is 0 Å². The van der Waals surface area contributed by atoms with E-state index in [4.69, 9.17) is 5.73 Å². The highest BCUT2D eigenvalue weighted by atomic mass is 16.1. The fourth-order valence-electron chi connectivity index (χ4n) is 1.43. The third kappa shape index (κ3) is 8.56. The summed E-state index contributed by atoms with van der Waals surface area (Å²) in [7, 11) is 1.94. The largest absolute Gasteiger partial charge is 0.330 e. The minimum absolute atomic E-state index is 0.203. The van der Waals surface area contributed by atoms with Gasteiger partial charge in [0.25, 0.3) is 0 Å². The summed E-state index contributed by atoms with van der Waals surface area (Å²) in [5.74, 6) is 0.511. The third-order valence-corrected chi connectivity index (χ3v) is 2.50. The van der Waals surface area contributed by atoms with E-state index < -0.39 is 0 Å². The molecule has 0 saturated carbocycles. The molecule has 4 nitrogen and oxygen atoms in total. The molecule has 0 aromatic carbocycles. The summed E-state index contributed by atoms with van der Waals surface area (Å²) in [6, 6.07) is 0. The Morgan fingerprint density at radius 2 is 1.50 bits per heavy atom. The number of carbonyl (C=O) groups excluding carboxylic acids is 2. The molecule has 0 aromatic rings. The summed E-state index contributed by atoms with van der Waals surface area (Å²) in [6.45, 7) is 3.90. The molecule has 0 unspecified atom stereocenters. The maximum atomic E-state index is 11.3. The lowest BCUT2D eigenvalue weighted by atomic mass is 10.1. The number of hydrogen-bond donors (Lipinski definition) is 1. The van der Waals surface area contributed by atoms with Gasteiger partial charge in [-0.05, 0) is 20.0 Å². The van der Waals surface area contributed by atoms with Crippen molar-refractivity contribution in [1.29, 1.82) is 0 Å². The highest BCUT2D eigenvalue weighted by Gasteiger charge is 2.06. The SMILES string of the molecule is CCCC(=O)CCN(C)CCC(=O)CCN. The maximum absolute atomic E-state index is 11.3. The summed E-state index contributed by atoms with van der Waals surface area (Å²) in [4.78, 5) is 24.5. The van der Waals surface area contributed by atoms with Gasteiger partial charge in [0.2, 0.25) is 0 Å². The molecule has 2 N–H and O–H groups in total. The Kier molecular flexibility index (Phi) is 9.04. The number of Topliss-reactive ketones (excluding diaryl/α,β-unsaturated/α-hetero) is 2. The molecular formula is C12H24N2O2. The van der Waals surface area contributed by atoms with Crippen LogP contribution in [-0.4, -0.2) is 43.1 Å². The number of carbonyl (C=O) groups is 2. The minimum atomic E-state index is 0.203. The zero-order valence-corrected chi connectivity index (χ0v) is 10.5. The van der Waals surface area contributed by atoms with Crippen LogP contribution in [0.25, 0.3) is 0 Å². The summed E-state index contributed by atoms with van der Waals surface area (Å²) in [5, 5.41) is 0. The van der Waals surface area contributed by atoms with Gasteiger partial charge in [-0.25, -0.2) is 0 Å². The van der Waals surface area contributed by atoms with E-state index in [1.165, 1.54) is 0 Å². The van der Waals surface area contributed by atoms with E-state index in [-0.39, 0.29) is 5.78 Å². The molecule has 16 heavy (non-hydrogen) atoms. The van der Waals surface area contributed by atoms with Crippen LogP contribution in [0.3, 0.4) is 0 Å². The van der Waals surface area contributed by atoms with Crippen LogP contribution in [0.15, 0.2) is 0 Å². The van der Waals surface area contributed by atoms with Gasteiger partial charge in [0.05, 0.1) is 0 Å². The summed E-state index contributed by atoms with van der Waals surface area (Å²) >= 11 is 0. The van der Waals surface area contributed by atoms with Crippen molar-refractivity contribution in [3.8, 4) is 0 Å². The molecule has 0 aliphatic rings. The first-order valence-corrected chi connectivity index (χ1v) is 6.02. The van der Waals surface area contributed by atoms with Crippen molar-refractivity contribution < 1.29 is 9.59 Å². The van der Waals surface area contributed by atoms with Gasteiger partial charge >= 0.3 is 0 Å². The van der Waals surface area contributed by atoms with Crippen molar-refractivity contribution in [1.82, 2.24) is 4.90 Å². The van der Waals surface area contributed by atoms with Crippen LogP contribution in [0.2, 0.25) is 0 Å². The molecule has 0 radical (unpaired) electrons. The summed E-state index contributed by atoms with van der Waals surface area (Å²) in [5.41, 5.74) is 5.29. The van der Waals surface area contributed by atoms with Gasteiger partial charge in [-0.3, -0.25) is 9.59 Å². The molecule has 94 valence electrons. The van der Waals surface area contributed by atoms with Crippen LogP contribution in [0.5, 0.6) is 0 Å². The molecule has 0 heterocycles. The van der Waals surface area contributed by atoms with Crippen LogP contribution in [0.1, 0.15) is 39.0 Å². The van der Waals surface area contributed by atoms with Gasteiger partial charge in [0.15, 0.2) is 0 Å². The van der Waals surface area contributed by atoms with Gasteiger partial charge in [-0.2, -0.15) is 0 Å². The Bertz CT molecular complexity index is 195. The van der Waals surface area contributed by atoms with Crippen molar-refractivity contribution in [2.24, 2.45) is 5.73 Å². The summed E-state index contributed by atoms with van der Waals surface area (Å²) in [6.07, 6.45) is 3.17. The van der Waals surface area contributed by atoms with E-state index in [1.54, 1.807) is 0 Å². The van der Waals surface area contributed by atoms with E-state index in [9.17, 15) is 9.59 Å². The number of nitrogens with two attached hydrogens (primary N) is 1. The smallest absolute Gasteiger partial charge is 0.135 e. The van der Waals surface area contributed by atoms with Crippen molar-refractivity contribution in [2.75, 3.05) is 26.7 Å². The quantitative estimate of drug-likeness (QED) is 0.605. The molecule has 0 amide bonds. The first-order valence-electron chi connectivity index (χ1n) is 6.02. The fourth-order valence-corrected chi connectivity index (χ4v) is 1.43. The van der Waals surface area contributed by atoms with E-state index in [1.807, 2.05) is 18.9 Å². The predicted octanol–water partition coefficient (Wildman–Crippen LogP) is 0.985. The average molecular weight is 228 g/mol. The maximum Gasteiger partial charge on any atom is 0.135 e. The number of rotatable bonds is 10. The Morgan fingerprint density at radius 1 is 1.00 bits per heavy atom. The topological polar surface area (TPSA) is 63.4 Å². The second-order valence-electron chi connectivity index (χ2n) is 4.17. The molecule has 0 rings (SSSR count). The minimum Gasteiger partial charge on any atom is -0.330 e. The van der Waals surface area contributed by atoms with E-state index in [2.05, 4.69) is 0 Å². The first kappa shape index (κ1) is 15.3. The average Bonchev–Trinajstić information content (AvgIpc) is 2.24. The van der Waals surface area contributed by atoms with Crippen molar-refractivity contribution in [2.45, 2.75) is 39.0 Å². The number of ketones is 2. The van der Waals surface area contributed by atoms with Crippen LogP contribution in [0.4, 0.5) is 0 Å². The lowest BCUT2D eigenvalue weighted by molar-refractivity contribution is -0.119. The Labute approximate surface area is 98.2 Å². The normalized spacial score (nSPS) is 10.8. The number of hydrogen-bond acceptors (Lipinski definition) is 4. The van der Waals surface area contributed by atoms with Crippen LogP contribution >= 0.6 is 0 Å². The van der Waals surface area contributed by atoms with Crippen molar-refractivity contribution in [3.63, 3.8) is 0 Å². The van der Waals surface area contributed by atoms with Gasteiger partial charge < -0.3 is 10.6 Å². The molecule has 0 aliphatic heterocycles. The van der Waals surface area contributed by atoms with Crippen LogP contribution in [0, 0.1) is 0 Å². The lowest BCUT2D eigenvalue weighted by Gasteiger charge is -2.15. The molecule has 0 aromatic heterocycles. The molecule has 0 saturated heterocycles. The zero-order valence-electron chi connectivity index (χ0n) is 10.5. The standard InChI is InChI=1S/C12H24N2O2/c1-3-4-11(15)6-9-14(2)10-7-12(16)5-8-13/h3-10,13H2,1-2H3. The molecule has 4 heteroatoms. The molecule has 0 atom stereocenters. The van der Waals surface area contributed by atoms with E-state index >= 15 is 0 Å². The lowest BCUT2D eigenvalue weighted by Crippen LogP contribution is -2.25. The third-order valence-electron chi connectivity index (χ3n) is 2.50. The second kappa shape index (κ2) is 9.48. The van der Waals surface area contributed by atoms with Gasteiger partial charge in [0, 0.05) is 38.8 Å². The fraction of sp³-hybridized carbons (Fsp3) is 0.833. The van der Waals surface area contributed by atoms with E-state index in [0.29, 0.717) is 38.0 Å². The zero-order chi connectivity index (χ0) is 12.4.